The van der Waals surface area contributed by atoms with Crippen LogP contribution in [0.15, 0.2) is 60.9 Å². The van der Waals surface area contributed by atoms with Crippen LogP contribution >= 0.6 is 0 Å². The number of hydrogen-bond donors (Lipinski definition) is 1. The van der Waals surface area contributed by atoms with E-state index in [-0.39, 0.29) is 0 Å². The number of nitrogens with zero attached hydrogens (tertiary/aromatic N) is 2. The standard InChI is InChI=1S/C36H48N2O2/c1-2-3-4-6-9-14-29-27-37-35(38-28-29)32-18-16-30(17-19-32)31-20-22-33(23-21-31)36(25-12-13-26-36)24-11-8-5-7-10-15-34(39)40/h16-23,27-28H,2-15,24-26H2,1H3,(H,39,40). The average Bonchev–Trinajstić information content (AvgIpc) is 3.47. The van der Waals surface area contributed by atoms with Crippen molar-refractivity contribution in [1.82, 2.24) is 9.97 Å². The first-order chi connectivity index (χ1) is 19.6. The number of aliphatic carboxylic acids is 1. The molecule has 1 aromatic heterocycles. The summed E-state index contributed by atoms with van der Waals surface area (Å²) < 4.78 is 0. The van der Waals surface area contributed by atoms with Crippen LogP contribution in [0.25, 0.3) is 22.5 Å². The lowest BCUT2D eigenvalue weighted by molar-refractivity contribution is -0.137. The van der Waals surface area contributed by atoms with E-state index in [1.165, 1.54) is 99.3 Å². The summed E-state index contributed by atoms with van der Waals surface area (Å²) in [6.45, 7) is 2.25. The van der Waals surface area contributed by atoms with Gasteiger partial charge in [-0.05, 0) is 66.2 Å². The minimum Gasteiger partial charge on any atom is -0.481 e. The van der Waals surface area contributed by atoms with Crippen molar-refractivity contribution >= 4 is 5.97 Å². The molecule has 0 atom stereocenters. The summed E-state index contributed by atoms with van der Waals surface area (Å²) in [4.78, 5) is 20.0. The van der Waals surface area contributed by atoms with Gasteiger partial charge in [-0.1, -0.05) is 120 Å². The molecule has 0 amide bonds. The van der Waals surface area contributed by atoms with E-state index < -0.39 is 5.97 Å². The highest BCUT2D eigenvalue weighted by molar-refractivity contribution is 5.68. The number of hydrogen-bond acceptors (Lipinski definition) is 3. The average molecular weight is 541 g/mol. The molecule has 0 saturated heterocycles. The molecule has 214 valence electrons. The van der Waals surface area contributed by atoms with Crippen LogP contribution in [0.2, 0.25) is 0 Å². The monoisotopic (exact) mass is 540 g/mol. The number of aromatic nitrogens is 2. The molecule has 0 aliphatic heterocycles. The van der Waals surface area contributed by atoms with E-state index in [4.69, 9.17) is 5.11 Å². The number of rotatable bonds is 17. The third kappa shape index (κ3) is 8.74. The van der Waals surface area contributed by atoms with Gasteiger partial charge < -0.3 is 5.11 Å². The van der Waals surface area contributed by atoms with Crippen LogP contribution in [0.4, 0.5) is 0 Å². The van der Waals surface area contributed by atoms with Crippen molar-refractivity contribution in [3.8, 4) is 22.5 Å². The summed E-state index contributed by atoms with van der Waals surface area (Å²) >= 11 is 0. The highest BCUT2D eigenvalue weighted by Crippen LogP contribution is 2.45. The Morgan fingerprint density at radius 3 is 1.93 bits per heavy atom. The summed E-state index contributed by atoms with van der Waals surface area (Å²) in [7, 11) is 0. The maximum Gasteiger partial charge on any atom is 0.303 e. The van der Waals surface area contributed by atoms with Gasteiger partial charge in [-0.2, -0.15) is 0 Å². The summed E-state index contributed by atoms with van der Waals surface area (Å²) in [5, 5.41) is 8.81. The van der Waals surface area contributed by atoms with Gasteiger partial charge in [-0.25, -0.2) is 9.97 Å². The minimum absolute atomic E-state index is 0.305. The van der Waals surface area contributed by atoms with Crippen LogP contribution in [0.1, 0.15) is 121 Å². The van der Waals surface area contributed by atoms with Crippen LogP contribution in [0, 0.1) is 0 Å². The predicted octanol–water partition coefficient (Wildman–Crippen LogP) is 9.95. The van der Waals surface area contributed by atoms with Crippen molar-refractivity contribution in [3.05, 3.63) is 72.1 Å². The fourth-order valence-electron chi connectivity index (χ4n) is 6.40. The number of carbonyl (C=O) groups is 1. The zero-order valence-corrected chi connectivity index (χ0v) is 24.5. The molecule has 40 heavy (non-hydrogen) atoms. The molecule has 2 aromatic carbocycles. The first-order valence-corrected chi connectivity index (χ1v) is 15.8. The predicted molar refractivity (Wildman–Crippen MR) is 165 cm³/mol. The fraction of sp³-hybridized carbons (Fsp3) is 0.528. The molecule has 0 unspecified atom stereocenters. The van der Waals surface area contributed by atoms with E-state index in [2.05, 4.69) is 65.4 Å². The first-order valence-electron chi connectivity index (χ1n) is 15.8. The molecule has 4 heteroatoms. The molecule has 1 N–H and O–H groups in total. The van der Waals surface area contributed by atoms with Crippen molar-refractivity contribution in [1.29, 1.82) is 0 Å². The lowest BCUT2D eigenvalue weighted by atomic mass is 9.74. The summed E-state index contributed by atoms with van der Waals surface area (Å²) in [6.07, 6.45) is 23.7. The second-order valence-corrected chi connectivity index (χ2v) is 11.9. The normalized spacial score (nSPS) is 14.4. The Kier molecular flexibility index (Phi) is 11.8. The van der Waals surface area contributed by atoms with E-state index >= 15 is 0 Å². The number of aryl methyl sites for hydroxylation is 1. The summed E-state index contributed by atoms with van der Waals surface area (Å²) in [5.41, 5.74) is 6.58. The van der Waals surface area contributed by atoms with Crippen LogP contribution in [-0.4, -0.2) is 21.0 Å². The van der Waals surface area contributed by atoms with Gasteiger partial charge in [-0.15, -0.1) is 0 Å². The van der Waals surface area contributed by atoms with E-state index in [0.29, 0.717) is 11.8 Å². The maximum atomic E-state index is 10.7. The van der Waals surface area contributed by atoms with E-state index in [1.54, 1.807) is 0 Å². The second kappa shape index (κ2) is 15.7. The first kappa shape index (κ1) is 30.0. The van der Waals surface area contributed by atoms with E-state index in [0.717, 1.165) is 37.1 Å². The molecule has 0 radical (unpaired) electrons. The number of carboxylic acids is 1. The van der Waals surface area contributed by atoms with Gasteiger partial charge >= 0.3 is 5.97 Å². The molecular weight excluding hydrogens is 492 g/mol. The lowest BCUT2D eigenvalue weighted by Gasteiger charge is -2.30. The van der Waals surface area contributed by atoms with Crippen molar-refractivity contribution in [2.45, 2.75) is 121 Å². The van der Waals surface area contributed by atoms with E-state index in [9.17, 15) is 4.79 Å². The zero-order valence-electron chi connectivity index (χ0n) is 24.5. The Morgan fingerprint density at radius 1 is 0.725 bits per heavy atom. The van der Waals surface area contributed by atoms with Gasteiger partial charge in [0, 0.05) is 24.4 Å². The molecule has 0 spiro atoms. The molecule has 1 aliphatic carbocycles. The molecular formula is C36H48N2O2. The molecule has 3 aromatic rings. The molecule has 1 aliphatic rings. The Hall–Kier alpha value is -3.01. The maximum absolute atomic E-state index is 10.7. The lowest BCUT2D eigenvalue weighted by Crippen LogP contribution is -2.21. The van der Waals surface area contributed by atoms with Crippen molar-refractivity contribution in [2.24, 2.45) is 0 Å². The van der Waals surface area contributed by atoms with Crippen LogP contribution in [0.5, 0.6) is 0 Å². The zero-order chi connectivity index (χ0) is 28.0. The van der Waals surface area contributed by atoms with Gasteiger partial charge in [0.15, 0.2) is 5.82 Å². The summed E-state index contributed by atoms with van der Waals surface area (Å²) in [5.74, 6) is 0.119. The van der Waals surface area contributed by atoms with Crippen LogP contribution in [0.3, 0.4) is 0 Å². The highest BCUT2D eigenvalue weighted by atomic mass is 16.4. The fourth-order valence-corrected chi connectivity index (χ4v) is 6.40. The van der Waals surface area contributed by atoms with Gasteiger partial charge in [0.25, 0.3) is 0 Å². The molecule has 1 saturated carbocycles. The molecule has 4 rings (SSSR count). The Morgan fingerprint density at radius 2 is 1.27 bits per heavy atom. The second-order valence-electron chi connectivity index (χ2n) is 11.9. The third-order valence-corrected chi connectivity index (χ3v) is 8.85. The van der Waals surface area contributed by atoms with Crippen molar-refractivity contribution in [3.63, 3.8) is 0 Å². The molecule has 1 fully saturated rings. The van der Waals surface area contributed by atoms with Gasteiger partial charge in [0.05, 0.1) is 0 Å². The third-order valence-electron chi connectivity index (χ3n) is 8.85. The smallest absolute Gasteiger partial charge is 0.303 e. The molecule has 0 bridgehead atoms. The molecule has 1 heterocycles. The number of benzene rings is 2. The van der Waals surface area contributed by atoms with Crippen molar-refractivity contribution < 1.29 is 9.90 Å². The Balaban J connectivity index is 1.30. The van der Waals surface area contributed by atoms with Crippen LogP contribution in [-0.2, 0) is 16.6 Å². The van der Waals surface area contributed by atoms with Gasteiger partial charge in [-0.3, -0.25) is 4.79 Å². The van der Waals surface area contributed by atoms with Gasteiger partial charge in [0.2, 0.25) is 0 Å². The minimum atomic E-state index is -0.674. The SMILES string of the molecule is CCCCCCCc1cnc(-c2ccc(-c3ccc(C4(CCCCCCCC(=O)O)CCCC4)cc3)cc2)nc1. The topological polar surface area (TPSA) is 63.1 Å². The van der Waals surface area contributed by atoms with E-state index in [1.807, 2.05) is 12.4 Å². The Labute approximate surface area is 241 Å². The quantitative estimate of drug-likeness (QED) is 0.173. The largest absolute Gasteiger partial charge is 0.481 e. The highest BCUT2D eigenvalue weighted by Gasteiger charge is 2.34. The number of carboxylic acid groups (broad SMARTS) is 1. The van der Waals surface area contributed by atoms with Crippen LogP contribution < -0.4 is 0 Å². The van der Waals surface area contributed by atoms with Crippen molar-refractivity contribution in [2.75, 3.05) is 0 Å². The summed E-state index contributed by atoms with van der Waals surface area (Å²) in [6, 6.07) is 18.0. The van der Waals surface area contributed by atoms with Gasteiger partial charge in [0.1, 0.15) is 0 Å². The molecule has 4 nitrogen and oxygen atoms in total. The number of unbranched alkanes of at least 4 members (excludes halogenated alkanes) is 8. The Bertz CT molecular complexity index is 1150.